The standard InChI is InChI=1S/C61H55N/c1-5-22-54(48-39-40-57-49(43-48)38-37-47-24-15-17-34-56(47)57)44(4)62(52(6-2)32-21-27-46-26-20-25-45-23-14-16-33-55(45)46)42-41-60-53(7-3)58-35-18-19-36-59(58)61(60,50-28-10-8-11-29-50)51-30-12-9-13-31-51/h5-14,17-21,23,25-32,34-43,53-54,60H,1-4,15-16,22,24,33H2/b27-21+,42-41+,52-32+. The van der Waals surface area contributed by atoms with Gasteiger partial charge in [-0.2, -0.15) is 0 Å². The van der Waals surface area contributed by atoms with E-state index in [1.54, 1.807) is 0 Å². The lowest BCUT2D eigenvalue weighted by Gasteiger charge is -2.39. The van der Waals surface area contributed by atoms with Crippen LogP contribution in [-0.4, -0.2) is 4.90 Å². The van der Waals surface area contributed by atoms with Gasteiger partial charge in [0.2, 0.25) is 0 Å². The van der Waals surface area contributed by atoms with Crippen LogP contribution in [0, 0.1) is 5.92 Å². The molecular weight excluding hydrogens is 747 g/mol. The van der Waals surface area contributed by atoms with Gasteiger partial charge in [-0.05, 0) is 111 Å². The molecule has 6 aromatic rings. The van der Waals surface area contributed by atoms with Crippen LogP contribution in [0.5, 0.6) is 0 Å². The molecule has 3 aliphatic carbocycles. The van der Waals surface area contributed by atoms with Crippen LogP contribution >= 0.6 is 0 Å². The van der Waals surface area contributed by atoms with Crippen molar-refractivity contribution in [3.63, 3.8) is 0 Å². The monoisotopic (exact) mass is 801 g/mol. The Kier molecular flexibility index (Phi) is 11.7. The van der Waals surface area contributed by atoms with Gasteiger partial charge < -0.3 is 4.90 Å². The molecule has 0 N–H and O–H groups in total. The van der Waals surface area contributed by atoms with Crippen LogP contribution in [-0.2, 0) is 18.3 Å². The highest BCUT2D eigenvalue weighted by molar-refractivity contribution is 5.93. The van der Waals surface area contributed by atoms with E-state index < -0.39 is 5.41 Å². The number of fused-ring (bicyclic) bond motifs is 5. The molecule has 0 saturated heterocycles. The molecule has 0 heterocycles. The van der Waals surface area contributed by atoms with Gasteiger partial charge in [0.15, 0.2) is 0 Å². The zero-order chi connectivity index (χ0) is 42.5. The first-order chi connectivity index (χ1) is 30.6. The maximum Gasteiger partial charge on any atom is 0.0526 e. The zero-order valence-electron chi connectivity index (χ0n) is 35.7. The van der Waals surface area contributed by atoms with Crippen molar-refractivity contribution in [1.29, 1.82) is 0 Å². The molecule has 304 valence electrons. The minimum atomic E-state index is -0.479. The van der Waals surface area contributed by atoms with Crippen molar-refractivity contribution in [3.8, 4) is 0 Å². The van der Waals surface area contributed by atoms with Gasteiger partial charge in [-0.25, -0.2) is 0 Å². The van der Waals surface area contributed by atoms with Crippen molar-refractivity contribution in [3.05, 3.63) is 282 Å². The summed E-state index contributed by atoms with van der Waals surface area (Å²) in [5, 5.41) is 2.54. The zero-order valence-corrected chi connectivity index (χ0v) is 35.7. The van der Waals surface area contributed by atoms with E-state index in [2.05, 4.69) is 219 Å². The highest BCUT2D eigenvalue weighted by Crippen LogP contribution is 2.58. The van der Waals surface area contributed by atoms with Gasteiger partial charge in [0.05, 0.1) is 5.41 Å². The van der Waals surface area contributed by atoms with Crippen LogP contribution in [0.1, 0.15) is 86.7 Å². The number of allylic oxidation sites excluding steroid dienone is 9. The molecule has 62 heavy (non-hydrogen) atoms. The van der Waals surface area contributed by atoms with E-state index in [0.717, 1.165) is 43.5 Å². The van der Waals surface area contributed by atoms with Crippen molar-refractivity contribution >= 4 is 29.0 Å². The Morgan fingerprint density at radius 3 is 2.26 bits per heavy atom. The molecule has 1 nitrogen and oxygen atoms in total. The summed E-state index contributed by atoms with van der Waals surface area (Å²) in [5.74, 6) is -0.00472. The van der Waals surface area contributed by atoms with Crippen molar-refractivity contribution in [1.82, 2.24) is 4.90 Å². The molecule has 0 saturated carbocycles. The first-order valence-corrected chi connectivity index (χ1v) is 22.2. The average Bonchev–Trinajstić information content (AvgIpc) is 3.62. The summed E-state index contributed by atoms with van der Waals surface area (Å²) in [7, 11) is 0. The Morgan fingerprint density at radius 1 is 0.758 bits per heavy atom. The molecule has 0 amide bonds. The summed E-state index contributed by atoms with van der Waals surface area (Å²) in [6.07, 6.45) is 31.5. The Bertz CT molecular complexity index is 2770. The van der Waals surface area contributed by atoms with E-state index in [4.69, 9.17) is 6.58 Å². The fourth-order valence-corrected chi connectivity index (χ4v) is 10.6. The van der Waals surface area contributed by atoms with Crippen molar-refractivity contribution in [2.24, 2.45) is 5.92 Å². The normalized spacial score (nSPS) is 18.0. The van der Waals surface area contributed by atoms with Crippen LogP contribution < -0.4 is 0 Å². The first-order valence-electron chi connectivity index (χ1n) is 22.2. The van der Waals surface area contributed by atoms with Gasteiger partial charge in [-0.1, -0.05) is 201 Å². The van der Waals surface area contributed by atoms with E-state index in [-0.39, 0.29) is 17.8 Å². The minimum Gasteiger partial charge on any atom is -0.321 e. The summed E-state index contributed by atoms with van der Waals surface area (Å²) in [4.78, 5) is 2.28. The number of benzene rings is 6. The predicted octanol–water partition coefficient (Wildman–Crippen LogP) is 15.5. The molecule has 3 atom stereocenters. The van der Waals surface area contributed by atoms with Crippen LogP contribution in [0.3, 0.4) is 0 Å². The van der Waals surface area contributed by atoms with Gasteiger partial charge >= 0.3 is 0 Å². The Hall–Kier alpha value is -6.96. The first kappa shape index (κ1) is 40.4. The molecule has 3 aliphatic rings. The second kappa shape index (κ2) is 17.9. The molecule has 3 unspecified atom stereocenters. The van der Waals surface area contributed by atoms with E-state index in [1.807, 2.05) is 12.2 Å². The highest BCUT2D eigenvalue weighted by atomic mass is 15.1. The van der Waals surface area contributed by atoms with Gasteiger partial charge in [0, 0.05) is 35.3 Å². The third-order valence-electron chi connectivity index (χ3n) is 13.5. The van der Waals surface area contributed by atoms with E-state index in [0.29, 0.717) is 0 Å². The molecule has 9 rings (SSSR count). The SMILES string of the molecule is C=CCC(C(=C)N(/C=C/C1C(C=C)c2ccccc2C1(c1ccccc1)c1ccccc1)/C(C=C)=C/C=C/c1cccc2c1CCC=C2)c1ccc2c3c(ccc2c1)CCC=C3. The topological polar surface area (TPSA) is 3.24 Å². The third-order valence-corrected chi connectivity index (χ3v) is 13.5. The maximum absolute atomic E-state index is 4.95. The van der Waals surface area contributed by atoms with Crippen LogP contribution in [0.2, 0.25) is 0 Å². The quantitative estimate of drug-likeness (QED) is 0.0783. The van der Waals surface area contributed by atoms with E-state index in [1.165, 1.54) is 66.4 Å². The minimum absolute atomic E-state index is 0.0132. The third kappa shape index (κ3) is 7.32. The fraction of sp³-hybridized carbons (Fsp3) is 0.148. The molecular formula is C61H55N. The van der Waals surface area contributed by atoms with Gasteiger partial charge in [0.1, 0.15) is 0 Å². The molecule has 0 aliphatic heterocycles. The number of nitrogens with zero attached hydrogens (tertiary/aromatic N) is 1. The molecule has 6 aromatic carbocycles. The number of aryl methyl sites for hydroxylation is 1. The summed E-state index contributed by atoms with van der Waals surface area (Å²) >= 11 is 0. The van der Waals surface area contributed by atoms with Gasteiger partial charge in [0.25, 0.3) is 0 Å². The average molecular weight is 802 g/mol. The number of hydrogen-bond acceptors (Lipinski definition) is 1. The second-order valence-electron chi connectivity index (χ2n) is 16.8. The summed E-state index contributed by atoms with van der Waals surface area (Å²) < 4.78 is 0. The Labute approximate surface area is 369 Å². The highest BCUT2D eigenvalue weighted by Gasteiger charge is 2.52. The molecule has 0 bridgehead atoms. The van der Waals surface area contributed by atoms with Crippen molar-refractivity contribution in [2.75, 3.05) is 0 Å². The van der Waals surface area contributed by atoms with E-state index in [9.17, 15) is 0 Å². The number of rotatable bonds is 14. The molecule has 1 heteroatoms. The Morgan fingerprint density at radius 2 is 1.50 bits per heavy atom. The summed E-state index contributed by atoms with van der Waals surface area (Å²) in [6.45, 7) is 18.1. The second-order valence-corrected chi connectivity index (χ2v) is 16.8. The predicted molar refractivity (Wildman–Crippen MR) is 266 cm³/mol. The summed E-state index contributed by atoms with van der Waals surface area (Å²) in [6, 6.07) is 49.2. The molecule has 0 aromatic heterocycles. The lowest BCUT2D eigenvalue weighted by Crippen LogP contribution is -2.35. The van der Waals surface area contributed by atoms with Crippen molar-refractivity contribution in [2.45, 2.75) is 49.4 Å². The van der Waals surface area contributed by atoms with Crippen molar-refractivity contribution < 1.29 is 0 Å². The molecule has 0 fully saturated rings. The smallest absolute Gasteiger partial charge is 0.0526 e. The maximum atomic E-state index is 4.95. The van der Waals surface area contributed by atoms with Crippen LogP contribution in [0.15, 0.2) is 226 Å². The summed E-state index contributed by atoms with van der Waals surface area (Å²) in [5.41, 5.74) is 14.5. The Balaban J connectivity index is 1.19. The fourth-order valence-electron chi connectivity index (χ4n) is 10.6. The largest absolute Gasteiger partial charge is 0.321 e. The number of hydrogen-bond donors (Lipinski definition) is 0. The van der Waals surface area contributed by atoms with E-state index >= 15 is 0 Å². The molecule has 0 radical (unpaired) electrons. The van der Waals surface area contributed by atoms with Crippen LogP contribution in [0.4, 0.5) is 0 Å². The lowest BCUT2D eigenvalue weighted by molar-refractivity contribution is 0.448. The van der Waals surface area contributed by atoms with Gasteiger partial charge in [-0.15, -0.1) is 13.2 Å². The molecule has 0 spiro atoms. The van der Waals surface area contributed by atoms with Gasteiger partial charge in [-0.3, -0.25) is 0 Å². The van der Waals surface area contributed by atoms with Crippen LogP contribution in [0.25, 0.3) is 29.0 Å². The lowest BCUT2D eigenvalue weighted by atomic mass is 9.64.